The molecule has 0 aromatic rings. The van der Waals surface area contributed by atoms with Crippen molar-refractivity contribution in [3.8, 4) is 0 Å². The molecular weight excluding hydrogens is 168 g/mol. The van der Waals surface area contributed by atoms with E-state index in [4.69, 9.17) is 9.47 Å². The van der Waals surface area contributed by atoms with Crippen molar-refractivity contribution in [1.29, 1.82) is 0 Å². The van der Waals surface area contributed by atoms with Gasteiger partial charge in [-0.15, -0.1) is 0 Å². The van der Waals surface area contributed by atoms with Crippen LogP contribution < -0.4 is 0 Å². The Morgan fingerprint density at radius 2 is 1.92 bits per heavy atom. The van der Waals surface area contributed by atoms with Crippen molar-refractivity contribution < 1.29 is 14.3 Å². The molecule has 78 valence electrons. The zero-order chi connectivity index (χ0) is 9.94. The molecule has 0 aliphatic heterocycles. The van der Waals surface area contributed by atoms with E-state index in [1.165, 1.54) is 0 Å². The molecule has 0 saturated heterocycles. The van der Waals surface area contributed by atoms with Gasteiger partial charge in [0.1, 0.15) is 0 Å². The molecule has 3 heteroatoms. The first kappa shape index (κ1) is 12.4. The SMILES string of the molecule is CCCOC(=O)CCCCOCC. The Morgan fingerprint density at radius 1 is 1.15 bits per heavy atom. The summed E-state index contributed by atoms with van der Waals surface area (Å²) in [6.07, 6.45) is 3.22. The minimum atomic E-state index is -0.0849. The van der Waals surface area contributed by atoms with Gasteiger partial charge in [-0.1, -0.05) is 6.92 Å². The van der Waals surface area contributed by atoms with Gasteiger partial charge < -0.3 is 9.47 Å². The van der Waals surface area contributed by atoms with Crippen molar-refractivity contribution in [3.05, 3.63) is 0 Å². The Bertz CT molecular complexity index is 123. The molecule has 0 aliphatic rings. The summed E-state index contributed by atoms with van der Waals surface area (Å²) in [7, 11) is 0. The van der Waals surface area contributed by atoms with Crippen LogP contribution in [-0.4, -0.2) is 25.8 Å². The second-order valence-electron chi connectivity index (χ2n) is 2.87. The molecule has 0 unspecified atom stereocenters. The number of carbonyl (C=O) groups is 1. The van der Waals surface area contributed by atoms with Gasteiger partial charge in [0, 0.05) is 19.6 Å². The third kappa shape index (κ3) is 9.34. The van der Waals surface area contributed by atoms with Crippen LogP contribution in [0.3, 0.4) is 0 Å². The van der Waals surface area contributed by atoms with Gasteiger partial charge in [0.05, 0.1) is 6.61 Å². The molecule has 0 fully saturated rings. The molecule has 0 heterocycles. The average molecular weight is 188 g/mol. The molecule has 0 atom stereocenters. The van der Waals surface area contributed by atoms with Crippen molar-refractivity contribution in [3.63, 3.8) is 0 Å². The van der Waals surface area contributed by atoms with Gasteiger partial charge in [0.15, 0.2) is 0 Å². The summed E-state index contributed by atoms with van der Waals surface area (Å²) in [5.41, 5.74) is 0. The Kier molecular flexibility index (Phi) is 9.10. The Balaban J connectivity index is 3.08. The average Bonchev–Trinajstić information content (AvgIpc) is 2.14. The highest BCUT2D eigenvalue weighted by Crippen LogP contribution is 1.98. The van der Waals surface area contributed by atoms with Crippen molar-refractivity contribution in [1.82, 2.24) is 0 Å². The normalized spacial score (nSPS) is 10.0. The number of rotatable bonds is 8. The zero-order valence-corrected chi connectivity index (χ0v) is 8.67. The molecule has 0 aliphatic carbocycles. The van der Waals surface area contributed by atoms with Crippen LogP contribution in [0.15, 0.2) is 0 Å². The highest BCUT2D eigenvalue weighted by Gasteiger charge is 2.00. The molecule has 0 aromatic carbocycles. The quantitative estimate of drug-likeness (QED) is 0.432. The molecule has 0 amide bonds. The molecule has 0 spiro atoms. The largest absolute Gasteiger partial charge is 0.466 e. The van der Waals surface area contributed by atoms with Crippen LogP contribution in [0.25, 0.3) is 0 Å². The lowest BCUT2D eigenvalue weighted by molar-refractivity contribution is -0.143. The fourth-order valence-electron chi connectivity index (χ4n) is 0.906. The summed E-state index contributed by atoms with van der Waals surface area (Å²) in [6, 6.07) is 0. The van der Waals surface area contributed by atoms with Gasteiger partial charge in [-0.25, -0.2) is 0 Å². The first-order chi connectivity index (χ1) is 6.31. The number of hydrogen-bond donors (Lipinski definition) is 0. The second-order valence-corrected chi connectivity index (χ2v) is 2.87. The highest BCUT2D eigenvalue weighted by molar-refractivity contribution is 5.69. The standard InChI is InChI=1S/C10H20O3/c1-3-8-13-10(11)7-5-6-9-12-4-2/h3-9H2,1-2H3. The first-order valence-electron chi connectivity index (χ1n) is 5.04. The van der Waals surface area contributed by atoms with Crippen LogP contribution in [0.4, 0.5) is 0 Å². The summed E-state index contributed by atoms with van der Waals surface area (Å²) >= 11 is 0. The van der Waals surface area contributed by atoms with E-state index in [0.717, 1.165) is 32.5 Å². The molecule has 0 rings (SSSR count). The van der Waals surface area contributed by atoms with Crippen molar-refractivity contribution >= 4 is 5.97 Å². The Hall–Kier alpha value is -0.570. The maximum Gasteiger partial charge on any atom is 0.305 e. The third-order valence-electron chi connectivity index (χ3n) is 1.59. The van der Waals surface area contributed by atoms with Gasteiger partial charge in [-0.3, -0.25) is 4.79 Å². The van der Waals surface area contributed by atoms with E-state index < -0.39 is 0 Å². The van der Waals surface area contributed by atoms with E-state index >= 15 is 0 Å². The lowest BCUT2D eigenvalue weighted by Crippen LogP contribution is -2.05. The van der Waals surface area contributed by atoms with Crippen molar-refractivity contribution in [2.24, 2.45) is 0 Å². The monoisotopic (exact) mass is 188 g/mol. The van der Waals surface area contributed by atoms with Crippen LogP contribution in [0.1, 0.15) is 39.5 Å². The molecule has 13 heavy (non-hydrogen) atoms. The van der Waals surface area contributed by atoms with Crippen LogP contribution in [-0.2, 0) is 14.3 Å². The number of hydrogen-bond acceptors (Lipinski definition) is 3. The van der Waals surface area contributed by atoms with Crippen LogP contribution >= 0.6 is 0 Å². The molecule has 0 saturated carbocycles. The molecule has 0 radical (unpaired) electrons. The summed E-state index contributed by atoms with van der Waals surface area (Å²) in [5, 5.41) is 0. The van der Waals surface area contributed by atoms with Crippen LogP contribution in [0, 0.1) is 0 Å². The summed E-state index contributed by atoms with van der Waals surface area (Å²) in [6.45, 7) is 6.00. The van der Waals surface area contributed by atoms with Gasteiger partial charge in [0.25, 0.3) is 0 Å². The summed E-state index contributed by atoms with van der Waals surface area (Å²) in [4.78, 5) is 11.0. The minimum Gasteiger partial charge on any atom is -0.466 e. The van der Waals surface area contributed by atoms with Gasteiger partial charge in [0.2, 0.25) is 0 Å². The maximum absolute atomic E-state index is 11.0. The molecule has 0 N–H and O–H groups in total. The van der Waals surface area contributed by atoms with E-state index in [9.17, 15) is 4.79 Å². The number of ether oxygens (including phenoxy) is 2. The van der Waals surface area contributed by atoms with Gasteiger partial charge >= 0.3 is 5.97 Å². The van der Waals surface area contributed by atoms with E-state index in [1.807, 2.05) is 13.8 Å². The fraction of sp³-hybridized carbons (Fsp3) is 0.900. The van der Waals surface area contributed by atoms with E-state index in [0.29, 0.717) is 13.0 Å². The topological polar surface area (TPSA) is 35.5 Å². The van der Waals surface area contributed by atoms with Gasteiger partial charge in [-0.2, -0.15) is 0 Å². The van der Waals surface area contributed by atoms with E-state index in [-0.39, 0.29) is 5.97 Å². The molecule has 3 nitrogen and oxygen atoms in total. The Morgan fingerprint density at radius 3 is 2.54 bits per heavy atom. The van der Waals surface area contributed by atoms with E-state index in [2.05, 4.69) is 0 Å². The second kappa shape index (κ2) is 9.52. The van der Waals surface area contributed by atoms with Crippen molar-refractivity contribution in [2.45, 2.75) is 39.5 Å². The predicted octanol–water partition coefficient (Wildman–Crippen LogP) is 2.15. The van der Waals surface area contributed by atoms with E-state index in [1.54, 1.807) is 0 Å². The molecule has 0 bridgehead atoms. The summed E-state index contributed by atoms with van der Waals surface area (Å²) < 4.78 is 10.1. The molecular formula is C10H20O3. The lowest BCUT2D eigenvalue weighted by atomic mass is 10.2. The Labute approximate surface area is 80.4 Å². The number of carbonyl (C=O) groups excluding carboxylic acids is 1. The fourth-order valence-corrected chi connectivity index (χ4v) is 0.906. The zero-order valence-electron chi connectivity index (χ0n) is 8.67. The number of esters is 1. The van der Waals surface area contributed by atoms with Crippen LogP contribution in [0.5, 0.6) is 0 Å². The summed E-state index contributed by atoms with van der Waals surface area (Å²) in [5.74, 6) is -0.0849. The van der Waals surface area contributed by atoms with Crippen molar-refractivity contribution in [2.75, 3.05) is 19.8 Å². The number of unbranched alkanes of at least 4 members (excludes halogenated alkanes) is 1. The maximum atomic E-state index is 11.0. The third-order valence-corrected chi connectivity index (χ3v) is 1.59. The smallest absolute Gasteiger partial charge is 0.305 e. The highest BCUT2D eigenvalue weighted by atomic mass is 16.5. The first-order valence-corrected chi connectivity index (χ1v) is 5.04. The van der Waals surface area contributed by atoms with Gasteiger partial charge in [-0.05, 0) is 26.2 Å². The minimum absolute atomic E-state index is 0.0849. The predicted molar refractivity (Wildman–Crippen MR) is 51.6 cm³/mol. The molecule has 0 aromatic heterocycles. The lowest BCUT2D eigenvalue weighted by Gasteiger charge is -2.02. The van der Waals surface area contributed by atoms with Crippen LogP contribution in [0.2, 0.25) is 0 Å².